The molecule has 6 nitrogen and oxygen atoms in total. The van der Waals surface area contributed by atoms with Crippen LogP contribution in [0.5, 0.6) is 0 Å². The van der Waals surface area contributed by atoms with Gasteiger partial charge >= 0.3 is 0 Å². The van der Waals surface area contributed by atoms with Gasteiger partial charge in [-0.15, -0.1) is 0 Å². The minimum Gasteiger partial charge on any atom is -0.375 e. The Balaban J connectivity index is 1.81. The molecule has 2 aromatic rings. The highest BCUT2D eigenvalue weighted by molar-refractivity contribution is 5.77. The molecule has 1 atom stereocenters. The smallest absolute Gasteiger partial charge is 0.248 e. The first-order valence-corrected chi connectivity index (χ1v) is 8.87. The number of hydrogen-bond acceptors (Lipinski definition) is 4. The van der Waals surface area contributed by atoms with Gasteiger partial charge in [0.2, 0.25) is 5.91 Å². The van der Waals surface area contributed by atoms with E-state index in [1.54, 1.807) is 7.11 Å². The summed E-state index contributed by atoms with van der Waals surface area (Å²) in [6.45, 7) is 5.91. The monoisotopic (exact) mass is 342 g/mol. The summed E-state index contributed by atoms with van der Waals surface area (Å²) in [5, 5.41) is 0. The summed E-state index contributed by atoms with van der Waals surface area (Å²) in [6, 6.07) is 6.11. The van der Waals surface area contributed by atoms with Gasteiger partial charge in [-0.25, -0.2) is 9.97 Å². The van der Waals surface area contributed by atoms with Crippen LogP contribution in [0.4, 0.5) is 0 Å². The van der Waals surface area contributed by atoms with E-state index in [-0.39, 0.29) is 18.4 Å². The lowest BCUT2D eigenvalue weighted by Crippen LogP contribution is -2.41. The highest BCUT2D eigenvalue weighted by atomic mass is 16.5. The maximum atomic E-state index is 12.1. The number of hydrogen-bond donors (Lipinski definition) is 0. The van der Waals surface area contributed by atoms with Crippen molar-refractivity contribution < 1.29 is 9.53 Å². The van der Waals surface area contributed by atoms with Crippen molar-refractivity contribution in [3.63, 3.8) is 0 Å². The van der Waals surface area contributed by atoms with E-state index in [2.05, 4.69) is 24.9 Å². The van der Waals surface area contributed by atoms with Gasteiger partial charge in [-0.1, -0.05) is 19.9 Å². The number of amides is 1. The van der Waals surface area contributed by atoms with Gasteiger partial charge < -0.3 is 9.64 Å². The molecule has 0 saturated carbocycles. The number of ether oxygens (including phenoxy) is 1. The van der Waals surface area contributed by atoms with Gasteiger partial charge in [0.15, 0.2) is 0 Å². The van der Waals surface area contributed by atoms with Crippen molar-refractivity contribution in [2.75, 3.05) is 26.8 Å². The van der Waals surface area contributed by atoms with Gasteiger partial charge in [-0.05, 0) is 25.0 Å². The molecule has 0 aliphatic carbocycles. The maximum Gasteiger partial charge on any atom is 0.248 e. The van der Waals surface area contributed by atoms with E-state index in [1.165, 1.54) is 0 Å². The molecular formula is C19H26N4O2. The van der Waals surface area contributed by atoms with Gasteiger partial charge in [-0.3, -0.25) is 9.36 Å². The molecule has 1 fully saturated rings. The predicted molar refractivity (Wildman–Crippen MR) is 95.9 cm³/mol. The Morgan fingerprint density at radius 3 is 3.00 bits per heavy atom. The normalized spacial score (nSPS) is 17.9. The summed E-state index contributed by atoms with van der Waals surface area (Å²) >= 11 is 0. The van der Waals surface area contributed by atoms with Crippen LogP contribution in [0.3, 0.4) is 0 Å². The number of aromatic nitrogens is 3. The zero-order valence-electron chi connectivity index (χ0n) is 15.2. The second kappa shape index (κ2) is 7.78. The summed E-state index contributed by atoms with van der Waals surface area (Å²) in [5.74, 6) is 2.54. The largest absolute Gasteiger partial charge is 0.375 e. The van der Waals surface area contributed by atoms with Crippen LogP contribution >= 0.6 is 0 Å². The topological polar surface area (TPSA) is 60.2 Å². The summed E-state index contributed by atoms with van der Waals surface area (Å²) < 4.78 is 7.03. The van der Waals surface area contributed by atoms with Gasteiger partial charge in [0, 0.05) is 50.1 Å². The molecular weight excluding hydrogens is 316 g/mol. The third-order valence-electron chi connectivity index (χ3n) is 4.65. The van der Waals surface area contributed by atoms with Crippen LogP contribution in [0.25, 0.3) is 5.82 Å². The van der Waals surface area contributed by atoms with E-state index in [0.29, 0.717) is 12.5 Å². The standard InChI is InChI=1S/C19H26N4O2/c1-14(2)19-20-9-11-23(19)17-8-4-7-16(21-17)15-6-5-10-22(12-15)18(24)13-25-3/h4,7-9,11,14-15H,5-6,10,12-13H2,1-3H3. The maximum absolute atomic E-state index is 12.1. The Labute approximate surface area is 148 Å². The molecule has 1 unspecified atom stereocenters. The van der Waals surface area contributed by atoms with Crippen LogP contribution in [0.2, 0.25) is 0 Å². The first-order valence-electron chi connectivity index (χ1n) is 8.87. The number of piperidine rings is 1. The van der Waals surface area contributed by atoms with Crippen molar-refractivity contribution in [1.82, 2.24) is 19.4 Å². The summed E-state index contributed by atoms with van der Waals surface area (Å²) in [4.78, 5) is 23.3. The van der Waals surface area contributed by atoms with E-state index in [0.717, 1.165) is 36.7 Å². The Morgan fingerprint density at radius 2 is 2.24 bits per heavy atom. The van der Waals surface area contributed by atoms with E-state index >= 15 is 0 Å². The van der Waals surface area contributed by atoms with Crippen LogP contribution in [0, 0.1) is 0 Å². The Bertz CT molecular complexity index is 726. The lowest BCUT2D eigenvalue weighted by molar-refractivity contribution is -0.136. The molecule has 1 amide bonds. The molecule has 2 aromatic heterocycles. The van der Waals surface area contributed by atoms with Crippen molar-refractivity contribution in [1.29, 1.82) is 0 Å². The first kappa shape index (κ1) is 17.6. The second-order valence-corrected chi connectivity index (χ2v) is 6.84. The van der Waals surface area contributed by atoms with Crippen LogP contribution in [0.15, 0.2) is 30.6 Å². The molecule has 0 spiro atoms. The molecule has 6 heteroatoms. The average molecular weight is 342 g/mol. The molecule has 0 bridgehead atoms. The molecule has 3 rings (SSSR count). The number of imidazole rings is 1. The van der Waals surface area contributed by atoms with E-state index < -0.39 is 0 Å². The zero-order chi connectivity index (χ0) is 17.8. The number of likely N-dealkylation sites (tertiary alicyclic amines) is 1. The van der Waals surface area contributed by atoms with Crippen LogP contribution in [0.1, 0.15) is 50.0 Å². The number of carbonyl (C=O) groups excluding carboxylic acids is 1. The van der Waals surface area contributed by atoms with E-state index in [9.17, 15) is 4.79 Å². The molecule has 1 aliphatic rings. The lowest BCUT2D eigenvalue weighted by Gasteiger charge is -2.32. The van der Waals surface area contributed by atoms with Crippen molar-refractivity contribution in [3.8, 4) is 5.82 Å². The van der Waals surface area contributed by atoms with Crippen molar-refractivity contribution in [3.05, 3.63) is 42.1 Å². The summed E-state index contributed by atoms with van der Waals surface area (Å²) in [5.41, 5.74) is 1.04. The molecule has 0 aromatic carbocycles. The van der Waals surface area contributed by atoms with Crippen molar-refractivity contribution in [2.45, 2.75) is 38.5 Å². The van der Waals surface area contributed by atoms with Gasteiger partial charge in [0.25, 0.3) is 0 Å². The summed E-state index contributed by atoms with van der Waals surface area (Å²) in [6.07, 6.45) is 5.81. The molecule has 0 N–H and O–H groups in total. The fourth-order valence-electron chi connectivity index (χ4n) is 3.40. The molecule has 25 heavy (non-hydrogen) atoms. The molecule has 1 aliphatic heterocycles. The minimum absolute atomic E-state index is 0.0556. The predicted octanol–water partition coefficient (Wildman–Crippen LogP) is 2.74. The van der Waals surface area contributed by atoms with Crippen LogP contribution in [-0.4, -0.2) is 52.1 Å². The van der Waals surface area contributed by atoms with Gasteiger partial charge in [0.05, 0.1) is 0 Å². The Morgan fingerprint density at radius 1 is 1.40 bits per heavy atom. The molecule has 3 heterocycles. The van der Waals surface area contributed by atoms with Crippen molar-refractivity contribution in [2.24, 2.45) is 0 Å². The second-order valence-electron chi connectivity index (χ2n) is 6.84. The number of carbonyl (C=O) groups is 1. The molecule has 134 valence electrons. The van der Waals surface area contributed by atoms with Crippen LogP contribution < -0.4 is 0 Å². The number of methoxy groups -OCH3 is 1. The lowest BCUT2D eigenvalue weighted by atomic mass is 9.94. The highest BCUT2D eigenvalue weighted by Gasteiger charge is 2.25. The van der Waals surface area contributed by atoms with Gasteiger partial charge in [0.1, 0.15) is 18.2 Å². The Kier molecular flexibility index (Phi) is 5.48. The van der Waals surface area contributed by atoms with E-state index in [1.807, 2.05) is 34.0 Å². The third kappa shape index (κ3) is 3.90. The minimum atomic E-state index is 0.0556. The third-order valence-corrected chi connectivity index (χ3v) is 4.65. The number of rotatable bonds is 5. The quantitative estimate of drug-likeness (QED) is 0.838. The number of pyridine rings is 1. The average Bonchev–Trinajstić information content (AvgIpc) is 3.12. The van der Waals surface area contributed by atoms with E-state index in [4.69, 9.17) is 9.72 Å². The Hall–Kier alpha value is -2.21. The van der Waals surface area contributed by atoms with Crippen molar-refractivity contribution >= 4 is 5.91 Å². The first-order chi connectivity index (χ1) is 12.1. The SMILES string of the molecule is COCC(=O)N1CCCC(c2cccc(-n3ccnc3C(C)C)n2)C1. The number of nitrogens with zero attached hydrogens (tertiary/aromatic N) is 4. The van der Waals surface area contributed by atoms with Gasteiger partial charge in [-0.2, -0.15) is 0 Å². The fourth-order valence-corrected chi connectivity index (χ4v) is 3.40. The van der Waals surface area contributed by atoms with Crippen LogP contribution in [-0.2, 0) is 9.53 Å². The molecule has 0 radical (unpaired) electrons. The highest BCUT2D eigenvalue weighted by Crippen LogP contribution is 2.27. The fraction of sp³-hybridized carbons (Fsp3) is 0.526. The molecule has 1 saturated heterocycles. The summed E-state index contributed by atoms with van der Waals surface area (Å²) in [7, 11) is 1.56. The zero-order valence-corrected chi connectivity index (χ0v) is 15.2.